The summed E-state index contributed by atoms with van der Waals surface area (Å²) in [5.41, 5.74) is 7.43. The van der Waals surface area contributed by atoms with E-state index in [1.807, 2.05) is 36.4 Å². The number of ketones is 1. The zero-order valence-electron chi connectivity index (χ0n) is 9.01. The van der Waals surface area contributed by atoms with Gasteiger partial charge < -0.3 is 5.73 Å². The first-order valence-corrected chi connectivity index (χ1v) is 6.11. The molecule has 0 saturated heterocycles. The van der Waals surface area contributed by atoms with Gasteiger partial charge in [0.1, 0.15) is 10.8 Å². The summed E-state index contributed by atoms with van der Waals surface area (Å²) in [7, 11) is 0. The number of Topliss-reactive ketones (excluding diaryl/α,β-unsaturated/α-hetero) is 1. The number of fused-ring (bicyclic) bond motifs is 1. The molecule has 0 bridgehead atoms. The molecule has 0 amide bonds. The first-order valence-electron chi connectivity index (χ1n) is 5.29. The van der Waals surface area contributed by atoms with Gasteiger partial charge >= 0.3 is 0 Å². The van der Waals surface area contributed by atoms with Crippen molar-refractivity contribution in [1.82, 2.24) is 0 Å². The fraction of sp³-hybridized carbons (Fsp3) is 0.0769. The average molecular weight is 242 g/mol. The molecule has 1 aromatic heterocycles. The summed E-state index contributed by atoms with van der Waals surface area (Å²) >= 11 is 1.51. The minimum atomic E-state index is 0.0610. The molecule has 0 saturated carbocycles. The molecule has 17 heavy (non-hydrogen) atoms. The topological polar surface area (TPSA) is 55.4 Å². The second kappa shape index (κ2) is 3.82. The van der Waals surface area contributed by atoms with Crippen LogP contribution in [0.2, 0.25) is 0 Å². The Kier molecular flexibility index (Phi) is 2.30. The van der Waals surface area contributed by atoms with Gasteiger partial charge in [0.05, 0.1) is 12.0 Å². The Labute approximate surface area is 103 Å². The molecular formula is C13H10N2OS. The molecule has 0 aliphatic carbocycles. The minimum Gasteiger partial charge on any atom is -0.387 e. The van der Waals surface area contributed by atoms with Gasteiger partial charge in [-0.05, 0) is 11.6 Å². The van der Waals surface area contributed by atoms with Crippen LogP contribution in [0.4, 0.5) is 5.00 Å². The van der Waals surface area contributed by atoms with E-state index in [1.54, 1.807) is 0 Å². The van der Waals surface area contributed by atoms with Crippen molar-refractivity contribution in [3.63, 3.8) is 0 Å². The number of aliphatic imine (C=N–C) groups is 1. The van der Waals surface area contributed by atoms with Crippen LogP contribution in [0.3, 0.4) is 0 Å². The molecular weight excluding hydrogens is 232 g/mol. The zero-order valence-corrected chi connectivity index (χ0v) is 9.83. The molecule has 0 spiro atoms. The number of amidine groups is 1. The summed E-state index contributed by atoms with van der Waals surface area (Å²) < 4.78 is 0. The number of carbonyl (C=O) groups excluding carboxylic acids is 1. The molecule has 2 N–H and O–H groups in total. The first kappa shape index (κ1) is 10.2. The lowest BCUT2D eigenvalue weighted by Gasteiger charge is -2.05. The zero-order chi connectivity index (χ0) is 11.8. The molecule has 0 radical (unpaired) electrons. The molecule has 84 valence electrons. The van der Waals surface area contributed by atoms with E-state index in [0.29, 0.717) is 11.4 Å². The predicted molar refractivity (Wildman–Crippen MR) is 70.0 cm³/mol. The van der Waals surface area contributed by atoms with E-state index in [4.69, 9.17) is 5.73 Å². The summed E-state index contributed by atoms with van der Waals surface area (Å²) in [5, 5.41) is 0.734. The van der Waals surface area contributed by atoms with E-state index in [9.17, 15) is 4.79 Å². The number of benzene rings is 1. The second-order valence-corrected chi connectivity index (χ2v) is 4.93. The highest BCUT2D eigenvalue weighted by Crippen LogP contribution is 2.39. The van der Waals surface area contributed by atoms with Crippen molar-refractivity contribution in [2.75, 3.05) is 0 Å². The van der Waals surface area contributed by atoms with E-state index in [2.05, 4.69) is 4.99 Å². The molecule has 1 aromatic carbocycles. The summed E-state index contributed by atoms with van der Waals surface area (Å²) in [4.78, 5) is 17.1. The van der Waals surface area contributed by atoms with Crippen molar-refractivity contribution in [3.8, 4) is 10.4 Å². The van der Waals surface area contributed by atoms with E-state index >= 15 is 0 Å². The maximum Gasteiger partial charge on any atom is 0.173 e. The average Bonchev–Trinajstić information content (AvgIpc) is 2.74. The van der Waals surface area contributed by atoms with Crippen LogP contribution in [0.25, 0.3) is 10.4 Å². The van der Waals surface area contributed by atoms with Crippen LogP contribution in [0.15, 0.2) is 41.4 Å². The van der Waals surface area contributed by atoms with Gasteiger partial charge in [-0.1, -0.05) is 30.3 Å². The summed E-state index contributed by atoms with van der Waals surface area (Å²) in [5.74, 6) is 0.467. The molecule has 0 fully saturated rings. The van der Waals surface area contributed by atoms with E-state index in [-0.39, 0.29) is 12.2 Å². The predicted octanol–water partition coefficient (Wildman–Crippen LogP) is 2.99. The number of carbonyl (C=O) groups is 1. The van der Waals surface area contributed by atoms with Crippen LogP contribution in [0.5, 0.6) is 0 Å². The number of hydrogen-bond donors (Lipinski definition) is 1. The van der Waals surface area contributed by atoms with Gasteiger partial charge in [-0.15, -0.1) is 11.3 Å². The molecule has 1 aliphatic heterocycles. The maximum absolute atomic E-state index is 11.8. The summed E-state index contributed by atoms with van der Waals surface area (Å²) in [6.45, 7) is 0. The third kappa shape index (κ3) is 1.76. The fourth-order valence-electron chi connectivity index (χ4n) is 1.84. The largest absolute Gasteiger partial charge is 0.387 e. The van der Waals surface area contributed by atoms with Crippen LogP contribution in [0, 0.1) is 0 Å². The van der Waals surface area contributed by atoms with Crippen molar-refractivity contribution < 1.29 is 4.79 Å². The highest BCUT2D eigenvalue weighted by molar-refractivity contribution is 7.19. The normalized spacial score (nSPS) is 14.4. The first-order chi connectivity index (χ1) is 8.24. The fourth-order valence-corrected chi connectivity index (χ4v) is 2.92. The molecule has 0 unspecified atom stereocenters. The SMILES string of the molecule is NC1=Nc2sc(-c3ccccc3)cc2C(=O)C1. The molecule has 4 heteroatoms. The Morgan fingerprint density at radius 2 is 2.00 bits per heavy atom. The Morgan fingerprint density at radius 1 is 1.24 bits per heavy atom. The number of rotatable bonds is 1. The lowest BCUT2D eigenvalue weighted by atomic mass is 10.1. The van der Waals surface area contributed by atoms with Gasteiger partial charge in [0.2, 0.25) is 0 Å². The van der Waals surface area contributed by atoms with Crippen LogP contribution >= 0.6 is 11.3 Å². The number of thiophene rings is 1. The number of nitrogens with two attached hydrogens (primary N) is 1. The van der Waals surface area contributed by atoms with Crippen LogP contribution < -0.4 is 5.73 Å². The Bertz CT molecular complexity index is 614. The smallest absolute Gasteiger partial charge is 0.173 e. The molecule has 2 heterocycles. The molecule has 3 rings (SSSR count). The molecule has 0 atom stereocenters. The van der Waals surface area contributed by atoms with Gasteiger partial charge in [0.15, 0.2) is 5.78 Å². The van der Waals surface area contributed by atoms with Gasteiger partial charge in [0.25, 0.3) is 0 Å². The lowest BCUT2D eigenvalue weighted by Crippen LogP contribution is -2.19. The van der Waals surface area contributed by atoms with Crippen LogP contribution in [-0.2, 0) is 0 Å². The Morgan fingerprint density at radius 3 is 2.76 bits per heavy atom. The van der Waals surface area contributed by atoms with Crippen molar-refractivity contribution >= 4 is 28.0 Å². The van der Waals surface area contributed by atoms with Crippen molar-refractivity contribution in [3.05, 3.63) is 42.0 Å². The van der Waals surface area contributed by atoms with Crippen molar-refractivity contribution in [2.24, 2.45) is 10.7 Å². The standard InChI is InChI=1S/C13H10N2OS/c14-12-7-10(16)9-6-11(17-13(9)15-12)8-4-2-1-3-5-8/h1-6H,7H2,(H2,14,15). The Balaban J connectivity index is 2.12. The monoisotopic (exact) mass is 242 g/mol. The third-order valence-electron chi connectivity index (χ3n) is 2.66. The molecule has 2 aromatic rings. The Hall–Kier alpha value is -1.94. The van der Waals surface area contributed by atoms with Crippen molar-refractivity contribution in [2.45, 2.75) is 6.42 Å². The van der Waals surface area contributed by atoms with Gasteiger partial charge in [-0.3, -0.25) is 4.79 Å². The van der Waals surface area contributed by atoms with E-state index in [0.717, 1.165) is 15.4 Å². The lowest BCUT2D eigenvalue weighted by molar-refractivity contribution is 0.1000. The number of nitrogens with zero attached hydrogens (tertiary/aromatic N) is 1. The molecule has 3 nitrogen and oxygen atoms in total. The second-order valence-electron chi connectivity index (χ2n) is 3.90. The van der Waals surface area contributed by atoms with E-state index < -0.39 is 0 Å². The highest BCUT2D eigenvalue weighted by atomic mass is 32.1. The van der Waals surface area contributed by atoms with E-state index in [1.165, 1.54) is 11.3 Å². The summed E-state index contributed by atoms with van der Waals surface area (Å²) in [6.07, 6.45) is 0.234. The highest BCUT2D eigenvalue weighted by Gasteiger charge is 2.21. The third-order valence-corrected chi connectivity index (χ3v) is 3.74. The van der Waals surface area contributed by atoms with Crippen LogP contribution in [0.1, 0.15) is 16.8 Å². The quantitative estimate of drug-likeness (QED) is 0.835. The van der Waals surface area contributed by atoms with Gasteiger partial charge in [-0.2, -0.15) is 0 Å². The van der Waals surface area contributed by atoms with Gasteiger partial charge in [0, 0.05) is 4.88 Å². The number of hydrogen-bond acceptors (Lipinski definition) is 4. The van der Waals surface area contributed by atoms with Crippen LogP contribution in [-0.4, -0.2) is 11.6 Å². The molecule has 1 aliphatic rings. The maximum atomic E-state index is 11.8. The minimum absolute atomic E-state index is 0.0610. The summed E-state index contributed by atoms with van der Waals surface area (Å²) in [6, 6.07) is 11.9. The van der Waals surface area contributed by atoms with Crippen molar-refractivity contribution in [1.29, 1.82) is 0 Å². The van der Waals surface area contributed by atoms with Gasteiger partial charge in [-0.25, -0.2) is 4.99 Å².